The lowest BCUT2D eigenvalue weighted by Gasteiger charge is -2.31. The zero-order valence-electron chi connectivity index (χ0n) is 13.6. The van der Waals surface area contributed by atoms with Crippen molar-refractivity contribution in [2.75, 3.05) is 45.1 Å². The van der Waals surface area contributed by atoms with Crippen LogP contribution in [-0.2, 0) is 10.0 Å². The molecule has 0 unspecified atom stereocenters. The zero-order chi connectivity index (χ0) is 16.9. The van der Waals surface area contributed by atoms with E-state index in [1.807, 2.05) is 14.0 Å². The first-order valence-electron chi connectivity index (χ1n) is 7.77. The summed E-state index contributed by atoms with van der Waals surface area (Å²) in [4.78, 5) is 14.0. The minimum absolute atomic E-state index is 0.204. The second-order valence-corrected chi connectivity index (χ2v) is 7.55. The first-order chi connectivity index (χ1) is 10.9. The van der Waals surface area contributed by atoms with E-state index in [-0.39, 0.29) is 10.9 Å². The van der Waals surface area contributed by atoms with Crippen molar-refractivity contribution in [3.63, 3.8) is 0 Å². The van der Waals surface area contributed by atoms with Gasteiger partial charge in [0.25, 0.3) is 0 Å². The highest BCUT2D eigenvalue weighted by Crippen LogP contribution is 2.20. The molecule has 2 rings (SSSR count). The number of nitrogens with one attached hydrogen (secondary N) is 2. The first-order valence-corrected chi connectivity index (χ1v) is 9.21. The van der Waals surface area contributed by atoms with E-state index < -0.39 is 10.0 Å². The van der Waals surface area contributed by atoms with Crippen molar-refractivity contribution in [2.24, 2.45) is 0 Å². The molecular formula is C15H24N4O3S. The van der Waals surface area contributed by atoms with Crippen molar-refractivity contribution in [1.82, 2.24) is 14.5 Å². The first kappa shape index (κ1) is 17.7. The molecule has 1 aromatic carbocycles. The second-order valence-electron chi connectivity index (χ2n) is 5.62. The van der Waals surface area contributed by atoms with Crippen LogP contribution < -0.4 is 10.6 Å². The quantitative estimate of drug-likeness (QED) is 0.843. The van der Waals surface area contributed by atoms with Crippen molar-refractivity contribution < 1.29 is 13.2 Å². The van der Waals surface area contributed by atoms with Crippen LogP contribution >= 0.6 is 0 Å². The average molecular weight is 340 g/mol. The molecule has 128 valence electrons. The van der Waals surface area contributed by atoms with Gasteiger partial charge < -0.3 is 15.5 Å². The van der Waals surface area contributed by atoms with Gasteiger partial charge in [-0.3, -0.25) is 0 Å². The van der Waals surface area contributed by atoms with Gasteiger partial charge in [-0.1, -0.05) is 13.0 Å². The van der Waals surface area contributed by atoms with Gasteiger partial charge in [-0.15, -0.1) is 0 Å². The number of benzene rings is 1. The van der Waals surface area contributed by atoms with E-state index in [1.54, 1.807) is 18.2 Å². The van der Waals surface area contributed by atoms with Crippen LogP contribution in [0.1, 0.15) is 13.3 Å². The molecule has 2 amide bonds. The fraction of sp³-hybridized carbons (Fsp3) is 0.533. The summed E-state index contributed by atoms with van der Waals surface area (Å²) in [5.74, 6) is 0. The van der Waals surface area contributed by atoms with Crippen LogP contribution in [0.2, 0.25) is 0 Å². The summed E-state index contributed by atoms with van der Waals surface area (Å²) in [6.45, 7) is 4.93. The topological polar surface area (TPSA) is 81.8 Å². The fourth-order valence-corrected chi connectivity index (χ4v) is 3.79. The summed E-state index contributed by atoms with van der Waals surface area (Å²) in [7, 11) is -1.55. The molecule has 1 fully saturated rings. The Hall–Kier alpha value is -1.64. The molecule has 0 spiro atoms. The fourth-order valence-electron chi connectivity index (χ4n) is 2.33. The number of carbonyl (C=O) groups is 1. The second kappa shape index (κ2) is 7.76. The van der Waals surface area contributed by atoms with Crippen LogP contribution in [-0.4, -0.2) is 63.4 Å². The van der Waals surface area contributed by atoms with Gasteiger partial charge in [-0.2, -0.15) is 4.31 Å². The smallest absolute Gasteiger partial charge is 0.319 e. The van der Waals surface area contributed by atoms with E-state index in [1.165, 1.54) is 10.4 Å². The van der Waals surface area contributed by atoms with E-state index in [2.05, 4.69) is 15.5 Å². The molecule has 0 aromatic heterocycles. The minimum Gasteiger partial charge on any atom is -0.338 e. The summed E-state index contributed by atoms with van der Waals surface area (Å²) in [6, 6.07) is 6.04. The van der Waals surface area contributed by atoms with Gasteiger partial charge in [0.2, 0.25) is 10.0 Å². The molecule has 7 nitrogen and oxygen atoms in total. The van der Waals surface area contributed by atoms with Gasteiger partial charge in [0.15, 0.2) is 0 Å². The zero-order valence-corrected chi connectivity index (χ0v) is 14.4. The Bertz CT molecular complexity index is 640. The molecule has 23 heavy (non-hydrogen) atoms. The number of hydrogen-bond acceptors (Lipinski definition) is 4. The molecule has 0 atom stereocenters. The summed E-state index contributed by atoms with van der Waals surface area (Å²) >= 11 is 0. The number of sulfonamides is 1. The highest BCUT2D eigenvalue weighted by atomic mass is 32.2. The normalized spacial score (nSPS) is 17.0. The van der Waals surface area contributed by atoms with Gasteiger partial charge in [-0.25, -0.2) is 13.2 Å². The number of amides is 2. The molecule has 1 aromatic rings. The van der Waals surface area contributed by atoms with E-state index >= 15 is 0 Å². The van der Waals surface area contributed by atoms with Crippen LogP contribution in [0.4, 0.5) is 10.5 Å². The van der Waals surface area contributed by atoms with Crippen molar-refractivity contribution >= 4 is 21.7 Å². The van der Waals surface area contributed by atoms with E-state index in [4.69, 9.17) is 0 Å². The number of carbonyl (C=O) groups excluding carboxylic acids is 1. The van der Waals surface area contributed by atoms with Crippen LogP contribution in [0.15, 0.2) is 29.2 Å². The Balaban J connectivity index is 2.10. The summed E-state index contributed by atoms with van der Waals surface area (Å²) in [5.41, 5.74) is 0.466. The highest BCUT2D eigenvalue weighted by Gasteiger charge is 2.27. The van der Waals surface area contributed by atoms with Gasteiger partial charge in [0.05, 0.1) is 4.90 Å². The number of rotatable bonds is 5. The number of likely N-dealkylation sites (N-methyl/N-ethyl adjacent to an activating group) is 1. The third kappa shape index (κ3) is 4.66. The third-order valence-corrected chi connectivity index (χ3v) is 5.62. The van der Waals surface area contributed by atoms with Gasteiger partial charge in [0.1, 0.15) is 0 Å². The van der Waals surface area contributed by atoms with Crippen molar-refractivity contribution in [3.8, 4) is 0 Å². The van der Waals surface area contributed by atoms with Crippen molar-refractivity contribution in [3.05, 3.63) is 24.3 Å². The Labute approximate surface area is 137 Å². The van der Waals surface area contributed by atoms with Crippen molar-refractivity contribution in [2.45, 2.75) is 18.2 Å². The standard InChI is InChI=1S/C15H24N4O3S/c1-3-7-16-15(20)17-13-5-4-6-14(12-13)23(21,22)19-10-8-18(2)9-11-19/h4-6,12H,3,7-11H2,1-2H3,(H2,16,17,20). The SMILES string of the molecule is CCCNC(=O)Nc1cccc(S(=O)(=O)N2CCN(C)CC2)c1. The van der Waals surface area contributed by atoms with Crippen LogP contribution in [0.5, 0.6) is 0 Å². The van der Waals surface area contributed by atoms with E-state index in [0.29, 0.717) is 25.3 Å². The molecule has 1 aliphatic heterocycles. The molecule has 0 radical (unpaired) electrons. The number of hydrogen-bond donors (Lipinski definition) is 2. The van der Waals surface area contributed by atoms with Crippen LogP contribution in [0, 0.1) is 0 Å². The maximum absolute atomic E-state index is 12.7. The van der Waals surface area contributed by atoms with Crippen molar-refractivity contribution in [1.29, 1.82) is 0 Å². The van der Waals surface area contributed by atoms with Gasteiger partial charge >= 0.3 is 6.03 Å². The Morgan fingerprint density at radius 3 is 2.57 bits per heavy atom. The van der Waals surface area contributed by atoms with Gasteiger partial charge in [-0.05, 0) is 31.7 Å². The third-order valence-electron chi connectivity index (χ3n) is 3.73. The molecule has 2 N–H and O–H groups in total. The van der Waals surface area contributed by atoms with E-state index in [9.17, 15) is 13.2 Å². The maximum Gasteiger partial charge on any atom is 0.319 e. The Morgan fingerprint density at radius 1 is 1.22 bits per heavy atom. The molecule has 8 heteroatoms. The number of anilines is 1. The number of nitrogens with zero attached hydrogens (tertiary/aromatic N) is 2. The number of urea groups is 1. The molecular weight excluding hydrogens is 316 g/mol. The predicted molar refractivity (Wildman–Crippen MR) is 90.0 cm³/mol. The molecule has 1 saturated heterocycles. The monoisotopic (exact) mass is 340 g/mol. The lowest BCUT2D eigenvalue weighted by Crippen LogP contribution is -2.47. The highest BCUT2D eigenvalue weighted by molar-refractivity contribution is 7.89. The lowest BCUT2D eigenvalue weighted by atomic mass is 10.3. The van der Waals surface area contributed by atoms with Gasteiger partial charge in [0, 0.05) is 38.4 Å². The molecule has 1 aliphatic rings. The Morgan fingerprint density at radius 2 is 1.91 bits per heavy atom. The molecule has 0 saturated carbocycles. The Kier molecular flexibility index (Phi) is 5.97. The molecule has 1 heterocycles. The minimum atomic E-state index is -3.53. The van der Waals surface area contributed by atoms with E-state index in [0.717, 1.165) is 19.5 Å². The molecule has 0 bridgehead atoms. The summed E-state index contributed by atoms with van der Waals surface area (Å²) in [6.07, 6.45) is 0.839. The molecule has 0 aliphatic carbocycles. The largest absolute Gasteiger partial charge is 0.338 e. The van der Waals surface area contributed by atoms with Crippen LogP contribution in [0.25, 0.3) is 0 Å². The summed E-state index contributed by atoms with van der Waals surface area (Å²) < 4.78 is 26.9. The van der Waals surface area contributed by atoms with Crippen LogP contribution in [0.3, 0.4) is 0 Å². The average Bonchev–Trinajstić information content (AvgIpc) is 2.53. The number of piperazine rings is 1. The summed E-state index contributed by atoms with van der Waals surface area (Å²) in [5, 5.41) is 5.35. The lowest BCUT2D eigenvalue weighted by molar-refractivity contribution is 0.222. The maximum atomic E-state index is 12.7. The predicted octanol–water partition coefficient (Wildman–Crippen LogP) is 1.15.